The number of aromatic nitrogens is 2. The van der Waals surface area contributed by atoms with Crippen molar-refractivity contribution in [3.8, 4) is 17.2 Å². The molecule has 1 aromatic heterocycles. The predicted molar refractivity (Wildman–Crippen MR) is 106 cm³/mol. The second-order valence-corrected chi connectivity index (χ2v) is 8.26. The van der Waals surface area contributed by atoms with Crippen molar-refractivity contribution in [2.45, 2.75) is 23.3 Å². The second-order valence-electron chi connectivity index (χ2n) is 6.43. The number of phenolic OH excluding ortho intramolecular Hbond substituents is 1. The number of aromatic hydroxyl groups is 1. The molecular weight excluding hydrogens is 436 g/mol. The molecule has 1 heterocycles. The van der Waals surface area contributed by atoms with Crippen LogP contribution in [0.1, 0.15) is 29.8 Å². The zero-order valence-corrected chi connectivity index (χ0v) is 16.8. The zero-order valence-electron chi connectivity index (χ0n) is 15.3. The average Bonchev–Trinajstić information content (AvgIpc) is 3.17. The molecule has 0 fully saturated rings. The van der Waals surface area contributed by atoms with Crippen molar-refractivity contribution >= 4 is 27.6 Å². The number of nitrogens with two attached hydrogens (primary N) is 2. The highest BCUT2D eigenvalue weighted by Gasteiger charge is 2.32. The van der Waals surface area contributed by atoms with Crippen LogP contribution in [0, 0.1) is 0 Å². The fourth-order valence-electron chi connectivity index (χ4n) is 2.96. The summed E-state index contributed by atoms with van der Waals surface area (Å²) in [6.45, 7) is 0. The monoisotopic (exact) mass is 452 g/mol. The number of amides is 1. The zero-order chi connectivity index (χ0) is 22.1. The van der Waals surface area contributed by atoms with Gasteiger partial charge in [-0.25, -0.2) is 0 Å². The highest BCUT2D eigenvalue weighted by molar-refractivity contribution is 7.86. The van der Waals surface area contributed by atoms with Crippen LogP contribution in [0.15, 0.2) is 51.8 Å². The Kier molecular flexibility index (Phi) is 6.08. The Morgan fingerprint density at radius 1 is 1.20 bits per heavy atom. The van der Waals surface area contributed by atoms with Gasteiger partial charge in [-0.2, -0.15) is 8.42 Å². The number of benzene rings is 2. The maximum absolute atomic E-state index is 11.6. The predicted octanol–water partition coefficient (Wildman–Crippen LogP) is 2.00. The highest BCUT2D eigenvalue weighted by Crippen LogP contribution is 2.41. The molecule has 6 N–H and O–H groups in total. The molecule has 12 heteroatoms. The van der Waals surface area contributed by atoms with Crippen LogP contribution in [-0.2, 0) is 14.9 Å². The van der Waals surface area contributed by atoms with E-state index in [2.05, 4.69) is 10.2 Å². The van der Waals surface area contributed by atoms with Crippen LogP contribution in [0.2, 0.25) is 5.02 Å². The molecule has 0 spiro atoms. The number of hydrogen-bond donors (Lipinski definition) is 4. The first-order valence-electron chi connectivity index (χ1n) is 8.50. The Balaban J connectivity index is 2.07. The first kappa shape index (κ1) is 21.7. The molecule has 10 nitrogen and oxygen atoms in total. The van der Waals surface area contributed by atoms with Gasteiger partial charge < -0.3 is 21.0 Å². The van der Waals surface area contributed by atoms with Gasteiger partial charge in [0.25, 0.3) is 10.1 Å². The SMILES string of the molecule is NC(=O)CC(c1cc(Cl)cc(S(=O)(=O)O)c1O)[C@H](N)c1nnc(-c2ccccc2)o1. The quantitative estimate of drug-likeness (QED) is 0.389. The summed E-state index contributed by atoms with van der Waals surface area (Å²) in [6, 6.07) is 9.77. The lowest BCUT2D eigenvalue weighted by atomic mass is 9.88. The van der Waals surface area contributed by atoms with E-state index in [4.69, 9.17) is 27.5 Å². The fourth-order valence-corrected chi connectivity index (χ4v) is 3.89. The van der Waals surface area contributed by atoms with E-state index >= 15 is 0 Å². The van der Waals surface area contributed by atoms with Crippen LogP contribution in [0.5, 0.6) is 5.75 Å². The van der Waals surface area contributed by atoms with Crippen molar-refractivity contribution in [1.29, 1.82) is 0 Å². The summed E-state index contributed by atoms with van der Waals surface area (Å²) in [5.74, 6) is -2.58. The Labute approximate surface area is 176 Å². The van der Waals surface area contributed by atoms with Gasteiger partial charge in [0.2, 0.25) is 17.7 Å². The van der Waals surface area contributed by atoms with Crippen molar-refractivity contribution in [1.82, 2.24) is 10.2 Å². The molecule has 1 unspecified atom stereocenters. The molecule has 0 bridgehead atoms. The van der Waals surface area contributed by atoms with Crippen molar-refractivity contribution in [2.24, 2.45) is 11.5 Å². The van der Waals surface area contributed by atoms with Crippen LogP contribution < -0.4 is 11.5 Å². The van der Waals surface area contributed by atoms with Gasteiger partial charge in [-0.15, -0.1) is 10.2 Å². The van der Waals surface area contributed by atoms with Crippen LogP contribution in [0.25, 0.3) is 11.5 Å². The summed E-state index contributed by atoms with van der Waals surface area (Å²) >= 11 is 5.95. The average molecular weight is 453 g/mol. The molecule has 0 aliphatic heterocycles. The Morgan fingerprint density at radius 2 is 1.87 bits per heavy atom. The number of nitrogens with zero attached hydrogens (tertiary/aromatic N) is 2. The van der Waals surface area contributed by atoms with Gasteiger partial charge in [0, 0.05) is 28.5 Å². The molecule has 0 aliphatic rings. The highest BCUT2D eigenvalue weighted by atomic mass is 35.5. The van der Waals surface area contributed by atoms with Crippen molar-refractivity contribution in [3.63, 3.8) is 0 Å². The first-order valence-corrected chi connectivity index (χ1v) is 10.3. The van der Waals surface area contributed by atoms with Gasteiger partial charge in [0.05, 0.1) is 6.04 Å². The van der Waals surface area contributed by atoms with E-state index in [1.165, 1.54) is 6.07 Å². The minimum Gasteiger partial charge on any atom is -0.506 e. The molecular formula is C18H17ClN4O6S. The number of rotatable bonds is 7. The summed E-state index contributed by atoms with van der Waals surface area (Å²) in [5.41, 5.74) is 12.0. The maximum Gasteiger partial charge on any atom is 0.298 e. The lowest BCUT2D eigenvalue weighted by molar-refractivity contribution is -0.118. The summed E-state index contributed by atoms with van der Waals surface area (Å²) in [4.78, 5) is 10.8. The second kappa shape index (κ2) is 8.40. The van der Waals surface area contributed by atoms with Gasteiger partial charge in [-0.3, -0.25) is 9.35 Å². The Morgan fingerprint density at radius 3 is 2.47 bits per heavy atom. The summed E-state index contributed by atoms with van der Waals surface area (Å²) in [7, 11) is -4.81. The van der Waals surface area contributed by atoms with E-state index in [-0.39, 0.29) is 22.4 Å². The molecule has 0 aliphatic carbocycles. The molecule has 1 amide bonds. The first-order chi connectivity index (χ1) is 14.1. The third-order valence-corrected chi connectivity index (χ3v) is 5.43. The number of halogens is 1. The van der Waals surface area contributed by atoms with Crippen LogP contribution in [-0.4, -0.2) is 34.2 Å². The Hall–Kier alpha value is -2.99. The van der Waals surface area contributed by atoms with Crippen molar-refractivity contribution in [3.05, 3.63) is 58.9 Å². The summed E-state index contributed by atoms with van der Waals surface area (Å²) in [5, 5.41) is 18.1. The molecule has 3 aromatic rings. The van der Waals surface area contributed by atoms with Gasteiger partial charge in [0.1, 0.15) is 10.6 Å². The summed E-state index contributed by atoms with van der Waals surface area (Å²) in [6.07, 6.45) is -0.400. The van der Waals surface area contributed by atoms with Crippen molar-refractivity contribution in [2.75, 3.05) is 0 Å². The van der Waals surface area contributed by atoms with Crippen LogP contribution >= 0.6 is 11.6 Å². The van der Waals surface area contributed by atoms with E-state index in [1.54, 1.807) is 24.3 Å². The van der Waals surface area contributed by atoms with Crippen molar-refractivity contribution < 1.29 is 27.3 Å². The van der Waals surface area contributed by atoms with Gasteiger partial charge in [-0.1, -0.05) is 29.8 Å². The van der Waals surface area contributed by atoms with Crippen LogP contribution in [0.4, 0.5) is 0 Å². The molecule has 0 saturated carbocycles. The van der Waals surface area contributed by atoms with E-state index < -0.39 is 45.1 Å². The van der Waals surface area contributed by atoms with E-state index in [1.807, 2.05) is 6.07 Å². The molecule has 0 saturated heterocycles. The molecule has 30 heavy (non-hydrogen) atoms. The molecule has 158 valence electrons. The molecule has 2 atom stereocenters. The number of hydrogen-bond acceptors (Lipinski definition) is 8. The minimum absolute atomic E-state index is 0.0760. The minimum atomic E-state index is -4.81. The van der Waals surface area contributed by atoms with Crippen LogP contribution in [0.3, 0.4) is 0 Å². The molecule has 0 radical (unpaired) electrons. The van der Waals surface area contributed by atoms with E-state index in [0.717, 1.165) is 6.07 Å². The largest absolute Gasteiger partial charge is 0.506 e. The molecule has 2 aromatic carbocycles. The van der Waals surface area contributed by atoms with Gasteiger partial charge in [0.15, 0.2) is 0 Å². The number of primary amides is 1. The number of phenols is 1. The standard InChI is InChI=1S/C18H17ClN4O6S/c19-10-6-12(16(25)13(7-10)30(26,27)28)11(8-14(20)24)15(21)18-23-22-17(29-18)9-4-2-1-3-5-9/h1-7,11,15,25H,8,21H2,(H2,20,24)(H,26,27,28)/t11?,15-/m0/s1. The fraction of sp³-hybridized carbons (Fsp3) is 0.167. The number of carbonyl (C=O) groups excluding carboxylic acids is 1. The van der Waals surface area contributed by atoms with E-state index in [0.29, 0.717) is 5.56 Å². The van der Waals surface area contributed by atoms with Gasteiger partial charge in [-0.05, 0) is 24.3 Å². The number of carbonyl (C=O) groups is 1. The topological polar surface area (TPSA) is 183 Å². The maximum atomic E-state index is 11.6. The smallest absolute Gasteiger partial charge is 0.298 e. The van der Waals surface area contributed by atoms with E-state index in [9.17, 15) is 22.9 Å². The third-order valence-electron chi connectivity index (χ3n) is 4.35. The lowest BCUT2D eigenvalue weighted by Gasteiger charge is -2.22. The summed E-state index contributed by atoms with van der Waals surface area (Å²) < 4.78 is 38.1. The normalized spacial score (nSPS) is 13.7. The van der Waals surface area contributed by atoms with Gasteiger partial charge >= 0.3 is 0 Å². The lowest BCUT2D eigenvalue weighted by Crippen LogP contribution is -2.26. The third kappa shape index (κ3) is 4.60. The molecule has 3 rings (SSSR count). The Bertz CT molecular complexity index is 1180.